The van der Waals surface area contributed by atoms with Crippen molar-refractivity contribution in [1.29, 1.82) is 0 Å². The van der Waals surface area contributed by atoms with Gasteiger partial charge in [-0.25, -0.2) is 4.39 Å². The zero-order valence-electron chi connectivity index (χ0n) is 16.9. The molecule has 2 fully saturated rings. The van der Waals surface area contributed by atoms with Gasteiger partial charge in [0.1, 0.15) is 6.17 Å². The topological polar surface area (TPSA) is 44.8 Å². The Bertz CT molecular complexity index is 485. The van der Waals surface area contributed by atoms with Crippen LogP contribution in [-0.2, 0) is 23.8 Å². The normalized spacial score (nSPS) is 35.2. The summed E-state index contributed by atoms with van der Waals surface area (Å²) in [5.41, 5.74) is 0.821. The largest absolute Gasteiger partial charge is 0.414 e. The van der Waals surface area contributed by atoms with Gasteiger partial charge in [-0.1, -0.05) is 55.4 Å². The average Bonchev–Trinajstić information content (AvgIpc) is 2.70. The van der Waals surface area contributed by atoms with E-state index < -0.39 is 40.2 Å². The lowest BCUT2D eigenvalue weighted by atomic mass is 10.2. The molecule has 1 unspecified atom stereocenters. The van der Waals surface area contributed by atoms with Crippen LogP contribution in [0.15, 0.2) is 0 Å². The Labute approximate surface area is 157 Å². The Hall–Kier alpha value is 0.394. The summed E-state index contributed by atoms with van der Waals surface area (Å²) >= 11 is 0. The van der Waals surface area contributed by atoms with Crippen LogP contribution in [0, 0.1) is 0 Å². The molecule has 0 saturated carbocycles. The molecule has 0 amide bonds. The molecule has 8 heteroatoms. The Morgan fingerprint density at radius 2 is 1.40 bits per heavy atom. The third-order valence-electron chi connectivity index (χ3n) is 5.72. The highest BCUT2D eigenvalue weighted by atomic mass is 32.2. The molecule has 0 aromatic heterocycles. The zero-order chi connectivity index (χ0) is 19.2. The van der Waals surface area contributed by atoms with Gasteiger partial charge in [-0.2, -0.15) is 0 Å². The Morgan fingerprint density at radius 1 is 0.920 bits per heavy atom. The standard InChI is InChI=1S/C17H35FO4SSi2/c1-11(2)24(12(3)4)20-9-16-17(15(18)10-23(16)19)21-25(22-24,13(5)6)14(7)8/h11-17H,9-10H2,1-8H3/t15-,16-,17+,23?/m1/s1. The van der Waals surface area contributed by atoms with Gasteiger partial charge in [-0.15, -0.1) is 0 Å². The van der Waals surface area contributed by atoms with E-state index in [0.29, 0.717) is 0 Å². The monoisotopic (exact) mass is 410 g/mol. The second kappa shape index (κ2) is 7.79. The summed E-state index contributed by atoms with van der Waals surface area (Å²) < 4.78 is 47.1. The lowest BCUT2D eigenvalue weighted by Crippen LogP contribution is -2.65. The van der Waals surface area contributed by atoms with Crippen molar-refractivity contribution in [1.82, 2.24) is 0 Å². The number of fused-ring (bicyclic) bond motifs is 1. The molecule has 0 aromatic carbocycles. The van der Waals surface area contributed by atoms with Crippen molar-refractivity contribution < 1.29 is 21.6 Å². The van der Waals surface area contributed by atoms with E-state index >= 15 is 0 Å². The molecular weight excluding hydrogens is 375 g/mol. The molecular formula is C17H35FO4SSi2. The Balaban J connectivity index is 2.56. The molecule has 0 bridgehead atoms. The van der Waals surface area contributed by atoms with Crippen LogP contribution < -0.4 is 0 Å². The highest BCUT2D eigenvalue weighted by molar-refractivity contribution is 7.86. The number of halogens is 1. The van der Waals surface area contributed by atoms with Crippen molar-refractivity contribution >= 4 is 27.9 Å². The molecule has 0 radical (unpaired) electrons. The smallest absolute Gasteiger partial charge is 0.335 e. The molecule has 0 aromatic rings. The summed E-state index contributed by atoms with van der Waals surface area (Å²) in [7, 11) is -6.63. The van der Waals surface area contributed by atoms with Crippen LogP contribution in [-0.4, -0.2) is 51.2 Å². The number of alkyl halides is 1. The molecule has 148 valence electrons. The van der Waals surface area contributed by atoms with Crippen LogP contribution in [0.2, 0.25) is 22.2 Å². The van der Waals surface area contributed by atoms with Crippen LogP contribution in [0.3, 0.4) is 0 Å². The Kier molecular flexibility index (Phi) is 6.76. The molecule has 2 saturated heterocycles. The van der Waals surface area contributed by atoms with E-state index in [1.165, 1.54) is 0 Å². The van der Waals surface area contributed by atoms with Crippen molar-refractivity contribution in [3.05, 3.63) is 0 Å². The minimum atomic E-state index is -2.78. The molecule has 2 aliphatic rings. The fraction of sp³-hybridized carbons (Fsp3) is 1.00. The summed E-state index contributed by atoms with van der Waals surface area (Å²) in [5.74, 6) is 0.0529. The van der Waals surface area contributed by atoms with Gasteiger partial charge in [0, 0.05) is 10.8 Å². The summed E-state index contributed by atoms with van der Waals surface area (Å²) in [5, 5.41) is -0.382. The van der Waals surface area contributed by atoms with E-state index in [-0.39, 0.29) is 39.8 Å². The van der Waals surface area contributed by atoms with Crippen molar-refractivity contribution in [2.24, 2.45) is 0 Å². The highest BCUT2D eigenvalue weighted by Gasteiger charge is 2.61. The lowest BCUT2D eigenvalue weighted by Gasteiger charge is -2.51. The minimum Gasteiger partial charge on any atom is -0.414 e. The summed E-state index contributed by atoms with van der Waals surface area (Å²) in [4.78, 5) is 0. The lowest BCUT2D eigenvalue weighted by molar-refractivity contribution is 0.0385. The van der Waals surface area contributed by atoms with Crippen LogP contribution in [0.25, 0.3) is 0 Å². The fourth-order valence-electron chi connectivity index (χ4n) is 4.22. The molecule has 4 nitrogen and oxygen atoms in total. The van der Waals surface area contributed by atoms with Gasteiger partial charge in [0.15, 0.2) is 0 Å². The third kappa shape index (κ3) is 3.71. The first-order chi connectivity index (χ1) is 11.5. The quantitative estimate of drug-likeness (QED) is 0.644. The number of hydrogen-bond acceptors (Lipinski definition) is 4. The van der Waals surface area contributed by atoms with Gasteiger partial charge in [-0.05, 0) is 22.2 Å². The first-order valence-electron chi connectivity index (χ1n) is 9.51. The summed E-state index contributed by atoms with van der Waals surface area (Å²) in [6.07, 6.45) is -1.86. The maximum Gasteiger partial charge on any atom is 0.335 e. The molecule has 0 spiro atoms. The molecule has 0 aliphatic carbocycles. The highest BCUT2D eigenvalue weighted by Crippen LogP contribution is 2.47. The van der Waals surface area contributed by atoms with Gasteiger partial charge in [0.2, 0.25) is 0 Å². The molecule has 2 heterocycles. The van der Waals surface area contributed by atoms with Crippen LogP contribution in [0.4, 0.5) is 4.39 Å². The molecule has 4 atom stereocenters. The van der Waals surface area contributed by atoms with E-state index in [9.17, 15) is 8.60 Å². The molecule has 0 N–H and O–H groups in total. The van der Waals surface area contributed by atoms with Crippen molar-refractivity contribution in [2.45, 2.75) is 95.1 Å². The van der Waals surface area contributed by atoms with Gasteiger partial charge in [-0.3, -0.25) is 4.21 Å². The van der Waals surface area contributed by atoms with E-state index in [4.69, 9.17) is 13.0 Å². The predicted octanol–water partition coefficient (Wildman–Crippen LogP) is 4.41. The zero-order valence-corrected chi connectivity index (χ0v) is 19.7. The first kappa shape index (κ1) is 21.7. The van der Waals surface area contributed by atoms with E-state index in [1.54, 1.807) is 0 Å². The predicted molar refractivity (Wildman–Crippen MR) is 106 cm³/mol. The van der Waals surface area contributed by atoms with Gasteiger partial charge >= 0.3 is 17.1 Å². The molecule has 2 rings (SSSR count). The molecule has 25 heavy (non-hydrogen) atoms. The van der Waals surface area contributed by atoms with Gasteiger partial charge < -0.3 is 13.0 Å². The van der Waals surface area contributed by atoms with E-state index in [0.717, 1.165) is 0 Å². The average molecular weight is 411 g/mol. The molecule has 2 aliphatic heterocycles. The van der Waals surface area contributed by atoms with E-state index in [2.05, 4.69) is 55.4 Å². The number of hydrogen-bond donors (Lipinski definition) is 0. The summed E-state index contributed by atoms with van der Waals surface area (Å²) in [6, 6.07) is 0. The first-order valence-corrected chi connectivity index (χ1v) is 14.8. The SMILES string of the molecule is CC(C)[Si]1(C(C)C)OC[C@@H]2[C@@H](O[Si](C(C)C)(C(C)C)O1)[C@H](F)CS2=O. The third-order valence-corrected chi connectivity index (χ3v) is 17.7. The van der Waals surface area contributed by atoms with Crippen LogP contribution >= 0.6 is 0 Å². The second-order valence-corrected chi connectivity index (χ2v) is 19.2. The second-order valence-electron chi connectivity index (χ2n) is 8.66. The Morgan fingerprint density at radius 3 is 1.84 bits per heavy atom. The van der Waals surface area contributed by atoms with Crippen molar-refractivity contribution in [3.8, 4) is 0 Å². The van der Waals surface area contributed by atoms with Crippen molar-refractivity contribution in [3.63, 3.8) is 0 Å². The fourth-order valence-corrected chi connectivity index (χ4v) is 17.2. The van der Waals surface area contributed by atoms with Crippen LogP contribution in [0.1, 0.15) is 55.4 Å². The maximum absolute atomic E-state index is 14.6. The van der Waals surface area contributed by atoms with E-state index in [1.807, 2.05) is 0 Å². The minimum absolute atomic E-state index is 0.0529. The number of rotatable bonds is 4. The van der Waals surface area contributed by atoms with Crippen molar-refractivity contribution in [2.75, 3.05) is 12.4 Å². The maximum atomic E-state index is 14.6. The van der Waals surface area contributed by atoms with Gasteiger partial charge in [0.05, 0.1) is 23.7 Å². The summed E-state index contributed by atoms with van der Waals surface area (Å²) in [6.45, 7) is 17.3. The van der Waals surface area contributed by atoms with Crippen LogP contribution in [0.5, 0.6) is 0 Å². The van der Waals surface area contributed by atoms with Gasteiger partial charge in [0.25, 0.3) is 0 Å².